The van der Waals surface area contributed by atoms with Crippen molar-refractivity contribution in [2.45, 2.75) is 31.7 Å². The average Bonchev–Trinajstić information content (AvgIpc) is 3.23. The molecule has 0 bridgehead atoms. The maximum absolute atomic E-state index is 13.8. The Morgan fingerprint density at radius 3 is 2.42 bits per heavy atom. The van der Waals surface area contributed by atoms with E-state index in [1.165, 1.54) is 10.4 Å². The van der Waals surface area contributed by atoms with Crippen LogP contribution in [-0.2, 0) is 27.7 Å². The van der Waals surface area contributed by atoms with Crippen LogP contribution in [0.2, 0.25) is 0 Å². The molecule has 0 amide bonds. The molecule has 0 aliphatic carbocycles. The Labute approximate surface area is 210 Å². The Morgan fingerprint density at radius 1 is 1.03 bits per heavy atom. The van der Waals surface area contributed by atoms with E-state index in [0.29, 0.717) is 28.6 Å². The van der Waals surface area contributed by atoms with Crippen LogP contribution in [0, 0.1) is 13.5 Å². The van der Waals surface area contributed by atoms with Crippen molar-refractivity contribution in [3.63, 3.8) is 0 Å². The number of sulfonamides is 1. The molecule has 4 rings (SSSR count). The number of nitrogens with zero attached hydrogens (tertiary/aromatic N) is 2. The molecule has 0 aliphatic rings. The molecule has 0 saturated heterocycles. The third-order valence-corrected chi connectivity index (χ3v) is 7.76. The molecule has 7 nitrogen and oxygen atoms in total. The van der Waals surface area contributed by atoms with Crippen LogP contribution in [0.5, 0.6) is 0 Å². The van der Waals surface area contributed by atoms with Crippen molar-refractivity contribution < 1.29 is 22.4 Å². The third-order valence-electron chi connectivity index (χ3n) is 5.92. The number of benzene rings is 3. The minimum Gasteiger partial charge on any atom is -0.460 e. The summed E-state index contributed by atoms with van der Waals surface area (Å²) in [4.78, 5) is 15.7. The number of hydrogen-bond donors (Lipinski definition) is 0. The fraction of sp³-hybridized carbons (Fsp3) is 0.214. The number of carbonyl (C=O) groups excluding carboxylic acids is 1. The number of ether oxygens (including phenoxy) is 1. The molecule has 0 fully saturated rings. The number of hydrogen-bond acceptors (Lipinski definition) is 5. The van der Waals surface area contributed by atoms with E-state index in [0.717, 1.165) is 11.1 Å². The summed E-state index contributed by atoms with van der Waals surface area (Å²) in [5.41, 5.74) is 3.26. The number of furan rings is 1. The summed E-state index contributed by atoms with van der Waals surface area (Å²) >= 11 is 0. The first-order valence-electron chi connectivity index (χ1n) is 11.5. The molecule has 1 aromatic heterocycles. The number of rotatable bonds is 9. The summed E-state index contributed by atoms with van der Waals surface area (Å²) in [5.74, 6) is -0.509. The Bertz CT molecular complexity index is 1520. The maximum Gasteiger partial charge on any atom is 0.374 e. The quantitative estimate of drug-likeness (QED) is 0.210. The van der Waals surface area contributed by atoms with E-state index >= 15 is 0 Å². The van der Waals surface area contributed by atoms with Gasteiger partial charge in [-0.15, -0.1) is 0 Å². The largest absolute Gasteiger partial charge is 0.460 e. The van der Waals surface area contributed by atoms with Crippen LogP contribution < -0.4 is 0 Å². The second-order valence-electron chi connectivity index (χ2n) is 8.29. The normalized spacial score (nSPS) is 11.5. The molecule has 36 heavy (non-hydrogen) atoms. The van der Waals surface area contributed by atoms with Crippen molar-refractivity contribution >= 4 is 32.6 Å². The highest BCUT2D eigenvalue weighted by atomic mass is 32.2. The van der Waals surface area contributed by atoms with Gasteiger partial charge in [-0.05, 0) is 49.6 Å². The van der Waals surface area contributed by atoms with Gasteiger partial charge in [-0.3, -0.25) is 0 Å². The second-order valence-corrected chi connectivity index (χ2v) is 10.2. The van der Waals surface area contributed by atoms with Gasteiger partial charge < -0.3 is 9.15 Å². The minimum atomic E-state index is -3.90. The van der Waals surface area contributed by atoms with Gasteiger partial charge in [0, 0.05) is 24.0 Å². The van der Waals surface area contributed by atoms with Crippen molar-refractivity contribution in [2.75, 3.05) is 13.2 Å². The van der Waals surface area contributed by atoms with Crippen LogP contribution >= 0.6 is 0 Å². The average molecular weight is 503 g/mol. The second kappa shape index (κ2) is 10.8. The van der Waals surface area contributed by atoms with Gasteiger partial charge in [0.05, 0.1) is 18.1 Å². The topological polar surface area (TPSA) is 81.2 Å². The molecule has 0 saturated carbocycles. The van der Waals surface area contributed by atoms with Gasteiger partial charge in [0.15, 0.2) is 5.69 Å². The molecule has 3 aromatic carbocycles. The van der Waals surface area contributed by atoms with Crippen molar-refractivity contribution in [3.05, 3.63) is 107 Å². The monoisotopic (exact) mass is 502 g/mol. The van der Waals surface area contributed by atoms with Crippen molar-refractivity contribution in [3.8, 4) is 0 Å². The van der Waals surface area contributed by atoms with Gasteiger partial charge in [-0.2, -0.15) is 4.31 Å². The van der Waals surface area contributed by atoms with E-state index < -0.39 is 16.0 Å². The lowest BCUT2D eigenvalue weighted by Crippen LogP contribution is -2.32. The number of fused-ring (bicyclic) bond motifs is 1. The van der Waals surface area contributed by atoms with Crippen molar-refractivity contribution in [1.82, 2.24) is 4.31 Å². The Hall–Kier alpha value is -3.93. The molecule has 0 atom stereocenters. The SMILES string of the molecule is [C-]#[N+]c1ccc(CN(CCc2ccccc2)S(=O)(=O)c2ccc3oc(C(=O)OCC)c(C)c3c2)cc1. The molecule has 8 heteroatoms. The van der Waals surface area contributed by atoms with Gasteiger partial charge in [0.1, 0.15) is 5.58 Å². The van der Waals surface area contributed by atoms with Crippen LogP contribution in [-0.4, -0.2) is 31.8 Å². The highest BCUT2D eigenvalue weighted by Gasteiger charge is 2.27. The van der Waals surface area contributed by atoms with Gasteiger partial charge in [0.25, 0.3) is 0 Å². The summed E-state index contributed by atoms with van der Waals surface area (Å²) < 4.78 is 39.8. The molecule has 184 valence electrons. The molecule has 0 N–H and O–H groups in total. The van der Waals surface area contributed by atoms with E-state index in [9.17, 15) is 13.2 Å². The zero-order valence-electron chi connectivity index (χ0n) is 20.1. The molecule has 1 heterocycles. The highest BCUT2D eigenvalue weighted by Crippen LogP contribution is 2.30. The Kier molecular flexibility index (Phi) is 7.53. The van der Waals surface area contributed by atoms with Crippen LogP contribution in [0.25, 0.3) is 15.8 Å². The number of esters is 1. The van der Waals surface area contributed by atoms with Crippen LogP contribution in [0.15, 0.2) is 82.1 Å². The van der Waals surface area contributed by atoms with Crippen LogP contribution in [0.1, 0.15) is 34.2 Å². The Morgan fingerprint density at radius 2 is 1.75 bits per heavy atom. The van der Waals surface area contributed by atoms with E-state index in [1.54, 1.807) is 50.2 Å². The Balaban J connectivity index is 1.69. The van der Waals surface area contributed by atoms with E-state index in [1.807, 2.05) is 30.3 Å². The first-order valence-corrected chi connectivity index (χ1v) is 13.0. The first-order chi connectivity index (χ1) is 17.3. The number of carbonyl (C=O) groups is 1. The lowest BCUT2D eigenvalue weighted by molar-refractivity contribution is 0.0491. The smallest absolute Gasteiger partial charge is 0.374 e. The van der Waals surface area contributed by atoms with Gasteiger partial charge >= 0.3 is 5.97 Å². The molecule has 0 radical (unpaired) electrons. The molecular formula is C28H26N2O5S. The zero-order valence-corrected chi connectivity index (χ0v) is 20.9. The maximum atomic E-state index is 13.8. The molecule has 0 spiro atoms. The minimum absolute atomic E-state index is 0.0715. The fourth-order valence-corrected chi connectivity index (χ4v) is 5.42. The summed E-state index contributed by atoms with van der Waals surface area (Å²) in [6.07, 6.45) is 0.542. The highest BCUT2D eigenvalue weighted by molar-refractivity contribution is 7.89. The van der Waals surface area contributed by atoms with E-state index in [2.05, 4.69) is 4.85 Å². The molecular weight excluding hydrogens is 476 g/mol. The molecule has 0 aliphatic heterocycles. The van der Waals surface area contributed by atoms with Crippen LogP contribution in [0.4, 0.5) is 5.69 Å². The van der Waals surface area contributed by atoms with E-state index in [4.69, 9.17) is 15.7 Å². The first kappa shape index (κ1) is 25.2. The lowest BCUT2D eigenvalue weighted by atomic mass is 10.1. The molecule has 4 aromatic rings. The van der Waals surface area contributed by atoms with Gasteiger partial charge in [0.2, 0.25) is 15.8 Å². The van der Waals surface area contributed by atoms with E-state index in [-0.39, 0.29) is 30.4 Å². The summed E-state index contributed by atoms with van der Waals surface area (Å²) in [7, 11) is -3.90. The van der Waals surface area contributed by atoms with Crippen molar-refractivity contribution in [1.29, 1.82) is 0 Å². The number of aryl methyl sites for hydroxylation is 1. The van der Waals surface area contributed by atoms with Crippen LogP contribution in [0.3, 0.4) is 0 Å². The van der Waals surface area contributed by atoms with Crippen molar-refractivity contribution in [2.24, 2.45) is 0 Å². The zero-order chi connectivity index (χ0) is 25.7. The summed E-state index contributed by atoms with van der Waals surface area (Å²) in [5, 5.41) is 0.545. The lowest BCUT2D eigenvalue weighted by Gasteiger charge is -2.23. The standard InChI is InChI=1S/C28H26N2O5S/c1-4-34-28(31)27-20(2)25-18-24(14-15-26(25)35-27)36(32,33)30(17-16-21-8-6-5-7-9-21)19-22-10-12-23(29-3)13-11-22/h5-15,18H,4,16-17,19H2,1-2H3. The summed E-state index contributed by atoms with van der Waals surface area (Å²) in [6, 6.07) is 21.2. The molecule has 0 unspecified atom stereocenters. The summed E-state index contributed by atoms with van der Waals surface area (Å²) in [6.45, 7) is 11.2. The predicted molar refractivity (Wildman–Crippen MR) is 137 cm³/mol. The van der Waals surface area contributed by atoms with Gasteiger partial charge in [-0.1, -0.05) is 54.6 Å². The predicted octanol–water partition coefficient (Wildman–Crippen LogP) is 5.90. The third kappa shape index (κ3) is 5.33. The van der Waals surface area contributed by atoms with Gasteiger partial charge in [-0.25, -0.2) is 18.1 Å². The fourth-order valence-electron chi connectivity index (χ4n) is 3.96.